The van der Waals surface area contributed by atoms with Gasteiger partial charge in [0.2, 0.25) is 0 Å². The van der Waals surface area contributed by atoms with Crippen molar-refractivity contribution in [3.63, 3.8) is 0 Å². The molecule has 2 atom stereocenters. The lowest BCUT2D eigenvalue weighted by atomic mass is 9.83. The number of benzene rings is 2. The van der Waals surface area contributed by atoms with Gasteiger partial charge in [0.25, 0.3) is 20.2 Å². The molecule has 0 fully saturated rings. The van der Waals surface area contributed by atoms with Crippen LogP contribution in [0.2, 0.25) is 0 Å². The highest BCUT2D eigenvalue weighted by Crippen LogP contribution is 2.38. The topological polar surface area (TPSA) is 109 Å². The molecule has 0 amide bonds. The molecule has 0 radical (unpaired) electrons. The lowest BCUT2D eigenvalue weighted by molar-refractivity contribution is 0.474. The van der Waals surface area contributed by atoms with Crippen molar-refractivity contribution < 1.29 is 25.9 Å². The fourth-order valence-corrected chi connectivity index (χ4v) is 4.62. The van der Waals surface area contributed by atoms with E-state index >= 15 is 0 Å². The summed E-state index contributed by atoms with van der Waals surface area (Å²) in [4.78, 5) is -0.410. The third-order valence-electron chi connectivity index (χ3n) is 4.62. The summed E-state index contributed by atoms with van der Waals surface area (Å²) in [6, 6.07) is 9.16. The van der Waals surface area contributed by atoms with Crippen LogP contribution in [0.3, 0.4) is 0 Å². The van der Waals surface area contributed by atoms with Crippen molar-refractivity contribution in [3.8, 4) is 0 Å². The van der Waals surface area contributed by atoms with E-state index in [1.807, 2.05) is 0 Å². The van der Waals surface area contributed by atoms with Gasteiger partial charge in [-0.1, -0.05) is 49.2 Å². The van der Waals surface area contributed by atoms with Crippen LogP contribution in [-0.4, -0.2) is 25.9 Å². The molecule has 0 heterocycles. The van der Waals surface area contributed by atoms with Crippen molar-refractivity contribution in [2.45, 2.75) is 49.3 Å². The van der Waals surface area contributed by atoms with Crippen molar-refractivity contribution in [2.24, 2.45) is 0 Å². The molecule has 26 heavy (non-hydrogen) atoms. The average molecular weight is 399 g/mol. The second-order valence-electron chi connectivity index (χ2n) is 6.61. The Hall–Kier alpha value is -1.74. The molecule has 0 aliphatic carbocycles. The second-order valence-corrected chi connectivity index (χ2v) is 9.39. The van der Waals surface area contributed by atoms with Crippen LogP contribution in [0, 0.1) is 13.8 Å². The van der Waals surface area contributed by atoms with Crippen molar-refractivity contribution in [3.05, 3.63) is 58.7 Å². The zero-order chi connectivity index (χ0) is 19.9. The summed E-state index contributed by atoms with van der Waals surface area (Å²) in [5, 5.41) is 0. The van der Waals surface area contributed by atoms with E-state index in [1.165, 1.54) is 12.1 Å². The highest BCUT2D eigenvalue weighted by Gasteiger charge is 2.28. The molecule has 0 aromatic heterocycles. The van der Waals surface area contributed by atoms with Gasteiger partial charge in [0.1, 0.15) is 0 Å². The minimum Gasteiger partial charge on any atom is -0.282 e. The first-order chi connectivity index (χ1) is 11.8. The predicted octanol–water partition coefficient (Wildman–Crippen LogP) is 3.70. The van der Waals surface area contributed by atoms with Gasteiger partial charge in [0.15, 0.2) is 0 Å². The molecule has 2 aromatic carbocycles. The van der Waals surface area contributed by atoms with E-state index in [0.717, 1.165) is 11.1 Å². The molecule has 2 rings (SSSR count). The van der Waals surface area contributed by atoms with Crippen molar-refractivity contribution in [1.82, 2.24) is 0 Å². The fourth-order valence-electron chi connectivity index (χ4n) is 3.06. The quantitative estimate of drug-likeness (QED) is 0.743. The van der Waals surface area contributed by atoms with Crippen LogP contribution in [0.5, 0.6) is 0 Å². The van der Waals surface area contributed by atoms with E-state index in [2.05, 4.69) is 0 Å². The first-order valence-electron chi connectivity index (χ1n) is 7.98. The summed E-state index contributed by atoms with van der Waals surface area (Å²) < 4.78 is 66.0. The number of hydrogen-bond acceptors (Lipinski definition) is 4. The van der Waals surface area contributed by atoms with Crippen LogP contribution < -0.4 is 0 Å². The monoisotopic (exact) mass is 398 g/mol. The van der Waals surface area contributed by atoms with Gasteiger partial charge in [0, 0.05) is 0 Å². The molecule has 0 aliphatic rings. The van der Waals surface area contributed by atoms with E-state index in [-0.39, 0.29) is 9.79 Å². The van der Waals surface area contributed by atoms with Gasteiger partial charge in [-0.2, -0.15) is 16.8 Å². The van der Waals surface area contributed by atoms with E-state index < -0.39 is 32.1 Å². The zero-order valence-electron chi connectivity index (χ0n) is 15.0. The Labute approximate surface area is 154 Å². The van der Waals surface area contributed by atoms with Crippen LogP contribution in [-0.2, 0) is 20.2 Å². The van der Waals surface area contributed by atoms with Gasteiger partial charge in [-0.25, -0.2) is 0 Å². The minimum atomic E-state index is -4.43. The Kier molecular flexibility index (Phi) is 5.63. The Morgan fingerprint density at radius 1 is 0.692 bits per heavy atom. The normalized spacial score (nSPS) is 14.8. The number of hydrogen-bond donors (Lipinski definition) is 2. The van der Waals surface area contributed by atoms with Gasteiger partial charge in [-0.3, -0.25) is 9.11 Å². The molecular weight excluding hydrogens is 376 g/mol. The number of aryl methyl sites for hydroxylation is 2. The molecule has 0 aliphatic heterocycles. The Bertz CT molecular complexity index is 954. The maximum atomic E-state index is 11.7. The molecule has 8 heteroatoms. The third kappa shape index (κ3) is 4.32. The molecule has 0 saturated heterocycles. The van der Waals surface area contributed by atoms with Gasteiger partial charge in [0.05, 0.1) is 9.79 Å². The molecule has 2 N–H and O–H groups in total. The maximum absolute atomic E-state index is 11.7. The summed E-state index contributed by atoms with van der Waals surface area (Å²) >= 11 is 0. The summed E-state index contributed by atoms with van der Waals surface area (Å²) in [7, 11) is -8.85. The zero-order valence-corrected chi connectivity index (χ0v) is 16.6. The average Bonchev–Trinajstić information content (AvgIpc) is 2.50. The van der Waals surface area contributed by atoms with Crippen LogP contribution in [0.1, 0.15) is 47.9 Å². The van der Waals surface area contributed by atoms with Crippen molar-refractivity contribution >= 4 is 20.2 Å². The number of rotatable bonds is 5. The maximum Gasteiger partial charge on any atom is 0.294 e. The van der Waals surface area contributed by atoms with E-state index in [9.17, 15) is 25.9 Å². The van der Waals surface area contributed by atoms with Gasteiger partial charge in [-0.05, 0) is 48.9 Å². The van der Waals surface area contributed by atoms with Crippen molar-refractivity contribution in [2.75, 3.05) is 0 Å². The highest BCUT2D eigenvalue weighted by molar-refractivity contribution is 7.86. The molecule has 0 spiro atoms. The summed E-state index contributed by atoms with van der Waals surface area (Å²) in [5.41, 5.74) is 2.40. The smallest absolute Gasteiger partial charge is 0.282 e. The fraction of sp³-hybridized carbons (Fsp3) is 0.333. The molecule has 142 valence electrons. The van der Waals surface area contributed by atoms with Gasteiger partial charge < -0.3 is 0 Å². The lowest BCUT2D eigenvalue weighted by Crippen LogP contribution is -2.14. The Balaban J connectivity index is 2.65. The molecule has 2 unspecified atom stereocenters. The van der Waals surface area contributed by atoms with Crippen LogP contribution in [0.25, 0.3) is 0 Å². The van der Waals surface area contributed by atoms with Gasteiger partial charge >= 0.3 is 0 Å². The van der Waals surface area contributed by atoms with Crippen LogP contribution >= 0.6 is 0 Å². The largest absolute Gasteiger partial charge is 0.294 e. The van der Waals surface area contributed by atoms with Crippen LogP contribution in [0.4, 0.5) is 0 Å². The molecule has 0 bridgehead atoms. The van der Waals surface area contributed by atoms with Crippen LogP contribution in [0.15, 0.2) is 46.2 Å². The highest BCUT2D eigenvalue weighted by atomic mass is 32.2. The van der Waals surface area contributed by atoms with E-state index in [4.69, 9.17) is 0 Å². The first kappa shape index (κ1) is 20.6. The molecule has 0 saturated carbocycles. The SMILES string of the molecule is Cc1ccc(S(=O)(=O)O)c(C(C)C(C)c2cc(C)ccc2S(=O)(=O)O)c1. The standard InChI is InChI=1S/C18H22O6S2/c1-11-5-7-17(25(19,20)21)15(9-11)13(3)14(4)16-10-12(2)6-8-18(16)26(22,23)24/h5-10,13-14H,1-4H3,(H,19,20,21)(H,22,23,24). The van der Waals surface area contributed by atoms with E-state index in [0.29, 0.717) is 11.1 Å². The van der Waals surface area contributed by atoms with E-state index in [1.54, 1.807) is 52.0 Å². The molecular formula is C18H22O6S2. The first-order valence-corrected chi connectivity index (χ1v) is 10.9. The summed E-state index contributed by atoms with van der Waals surface area (Å²) in [6.07, 6.45) is 0. The third-order valence-corrected chi connectivity index (χ3v) is 6.47. The van der Waals surface area contributed by atoms with Crippen molar-refractivity contribution in [1.29, 1.82) is 0 Å². The van der Waals surface area contributed by atoms with Gasteiger partial charge in [-0.15, -0.1) is 0 Å². The molecule has 2 aromatic rings. The molecule has 6 nitrogen and oxygen atoms in total. The second kappa shape index (κ2) is 7.11. The summed E-state index contributed by atoms with van der Waals surface area (Å²) in [6.45, 7) is 7.10. The Morgan fingerprint density at radius 3 is 1.27 bits per heavy atom. The predicted molar refractivity (Wildman–Crippen MR) is 98.8 cm³/mol. The lowest BCUT2D eigenvalue weighted by Gasteiger charge is -2.24. The Morgan fingerprint density at radius 2 is 1.00 bits per heavy atom. The minimum absolute atomic E-state index is 0.205. The summed E-state index contributed by atoms with van der Waals surface area (Å²) in [5.74, 6) is -0.872.